The Balaban J connectivity index is 1.75. The highest BCUT2D eigenvalue weighted by molar-refractivity contribution is 6.51. The number of methoxy groups -OCH3 is 2. The minimum Gasteiger partial charge on any atom is -0.507 e. The van der Waals surface area contributed by atoms with Crippen LogP contribution in [-0.2, 0) is 9.59 Å². The number of anilines is 1. The highest BCUT2D eigenvalue weighted by atomic mass is 16.5. The molecule has 4 aromatic rings. The maximum atomic E-state index is 13.3. The van der Waals surface area contributed by atoms with E-state index in [9.17, 15) is 14.7 Å². The molecular weight excluding hydrogens is 436 g/mol. The molecule has 1 saturated heterocycles. The summed E-state index contributed by atoms with van der Waals surface area (Å²) < 4.78 is 10.8. The first kappa shape index (κ1) is 21.2. The Bertz CT molecular complexity index is 1410. The number of aliphatic hydroxyl groups is 1. The lowest BCUT2D eigenvalue weighted by Crippen LogP contribution is -2.30. The van der Waals surface area contributed by atoms with Gasteiger partial charge in [-0.15, -0.1) is 0 Å². The van der Waals surface area contributed by atoms with Gasteiger partial charge in [0.2, 0.25) is 5.95 Å². The van der Waals surface area contributed by atoms with E-state index in [1.54, 1.807) is 36.4 Å². The van der Waals surface area contributed by atoms with Crippen LogP contribution in [0.4, 0.5) is 5.95 Å². The molecule has 2 aromatic carbocycles. The zero-order valence-corrected chi connectivity index (χ0v) is 18.4. The first-order chi connectivity index (χ1) is 16.5. The Hall–Kier alpha value is -4.66. The van der Waals surface area contributed by atoms with E-state index in [4.69, 9.17) is 9.47 Å². The molecule has 0 saturated carbocycles. The lowest BCUT2D eigenvalue weighted by molar-refractivity contribution is -0.132. The van der Waals surface area contributed by atoms with Crippen LogP contribution in [0, 0.1) is 0 Å². The molecule has 9 nitrogen and oxygen atoms in total. The second kappa shape index (κ2) is 8.36. The summed E-state index contributed by atoms with van der Waals surface area (Å²) in [5, 5.41) is 11.1. The standard InChI is InChI=1S/C25H20N4O5/c1-33-18-8-7-15(13-19(18)34-2)21-20(22(30)14-9-11-26-12-10-14)23(31)24(32)29(21)25-27-16-5-3-4-6-17(16)28-25/h3-13,21,30H,1-2H3,(H,27,28)/b22-20+. The normalized spacial score (nSPS) is 17.4. The van der Waals surface area contributed by atoms with Crippen LogP contribution in [0.2, 0.25) is 0 Å². The minimum atomic E-state index is -0.964. The third kappa shape index (κ3) is 3.34. The number of para-hydroxylation sites is 2. The summed E-state index contributed by atoms with van der Waals surface area (Å²) in [6.45, 7) is 0. The number of carbonyl (C=O) groups excluding carboxylic acids is 2. The van der Waals surface area contributed by atoms with Crippen molar-refractivity contribution in [2.24, 2.45) is 0 Å². The number of ketones is 1. The topological polar surface area (TPSA) is 118 Å². The summed E-state index contributed by atoms with van der Waals surface area (Å²) in [6.07, 6.45) is 2.99. The van der Waals surface area contributed by atoms with Crippen molar-refractivity contribution in [1.82, 2.24) is 15.0 Å². The molecule has 1 atom stereocenters. The third-order valence-corrected chi connectivity index (χ3v) is 5.73. The van der Waals surface area contributed by atoms with Crippen molar-refractivity contribution in [2.75, 3.05) is 19.1 Å². The fourth-order valence-corrected chi connectivity index (χ4v) is 4.11. The number of aromatic nitrogens is 3. The largest absolute Gasteiger partial charge is 0.507 e. The number of ether oxygens (including phenoxy) is 2. The van der Waals surface area contributed by atoms with Crippen LogP contribution in [0.5, 0.6) is 11.5 Å². The van der Waals surface area contributed by atoms with Gasteiger partial charge in [0.15, 0.2) is 11.5 Å². The van der Waals surface area contributed by atoms with Crippen LogP contribution in [0.1, 0.15) is 17.2 Å². The van der Waals surface area contributed by atoms with Gasteiger partial charge in [-0.25, -0.2) is 4.98 Å². The molecule has 9 heteroatoms. The number of aromatic amines is 1. The highest BCUT2D eigenvalue weighted by Gasteiger charge is 2.48. The molecule has 0 radical (unpaired) electrons. The van der Waals surface area contributed by atoms with E-state index in [-0.39, 0.29) is 17.3 Å². The van der Waals surface area contributed by atoms with Crippen LogP contribution in [0.3, 0.4) is 0 Å². The molecule has 0 aliphatic carbocycles. The van der Waals surface area contributed by atoms with Gasteiger partial charge in [-0.05, 0) is 42.0 Å². The molecule has 2 aromatic heterocycles. The number of benzene rings is 2. The van der Waals surface area contributed by atoms with Crippen molar-refractivity contribution in [3.8, 4) is 11.5 Å². The second-order valence-corrected chi connectivity index (χ2v) is 7.60. The van der Waals surface area contributed by atoms with E-state index in [1.807, 2.05) is 18.2 Å². The number of nitrogens with zero attached hydrogens (tertiary/aromatic N) is 3. The maximum absolute atomic E-state index is 13.3. The van der Waals surface area contributed by atoms with E-state index in [1.165, 1.54) is 31.5 Å². The van der Waals surface area contributed by atoms with Crippen molar-refractivity contribution in [3.05, 3.63) is 83.7 Å². The summed E-state index contributed by atoms with van der Waals surface area (Å²) in [5.74, 6) is -0.847. The number of hydrogen-bond acceptors (Lipinski definition) is 7. The van der Waals surface area contributed by atoms with E-state index in [2.05, 4.69) is 15.0 Å². The predicted octanol–water partition coefficient (Wildman–Crippen LogP) is 3.60. The second-order valence-electron chi connectivity index (χ2n) is 7.60. The number of carbonyl (C=O) groups is 2. The van der Waals surface area contributed by atoms with Gasteiger partial charge in [-0.1, -0.05) is 18.2 Å². The molecule has 1 unspecified atom stereocenters. The first-order valence-electron chi connectivity index (χ1n) is 10.4. The molecule has 3 heterocycles. The summed E-state index contributed by atoms with van der Waals surface area (Å²) in [5.41, 5.74) is 2.18. The Morgan fingerprint density at radius 1 is 1.00 bits per heavy atom. The molecule has 1 amide bonds. The number of aliphatic hydroxyl groups excluding tert-OH is 1. The first-order valence-corrected chi connectivity index (χ1v) is 10.4. The number of pyridine rings is 1. The third-order valence-electron chi connectivity index (χ3n) is 5.73. The predicted molar refractivity (Wildman–Crippen MR) is 125 cm³/mol. The fourth-order valence-electron chi connectivity index (χ4n) is 4.11. The summed E-state index contributed by atoms with van der Waals surface area (Å²) in [7, 11) is 3.01. The van der Waals surface area contributed by atoms with E-state index in [0.717, 1.165) is 0 Å². The molecule has 0 bridgehead atoms. The number of H-pyrrole nitrogens is 1. The summed E-state index contributed by atoms with van der Waals surface area (Å²) in [4.78, 5) is 39.4. The number of nitrogens with one attached hydrogen (secondary N) is 1. The fraction of sp³-hybridized carbons (Fsp3) is 0.120. The number of Topliss-reactive ketones (excluding diaryl/α,β-unsaturated/α-hetero) is 1. The van der Waals surface area contributed by atoms with Crippen molar-refractivity contribution in [3.63, 3.8) is 0 Å². The number of hydrogen-bond donors (Lipinski definition) is 2. The SMILES string of the molecule is COc1ccc(C2/C(=C(\O)c3ccncc3)C(=O)C(=O)N2c2nc3ccccc3[nH]2)cc1OC. The quantitative estimate of drug-likeness (QED) is 0.268. The average molecular weight is 456 g/mol. The lowest BCUT2D eigenvalue weighted by atomic mass is 9.95. The molecule has 170 valence electrons. The lowest BCUT2D eigenvalue weighted by Gasteiger charge is -2.23. The van der Waals surface area contributed by atoms with E-state index >= 15 is 0 Å². The van der Waals surface area contributed by atoms with Crippen LogP contribution in [-0.4, -0.2) is 46.0 Å². The van der Waals surface area contributed by atoms with Gasteiger partial charge >= 0.3 is 5.91 Å². The van der Waals surface area contributed by atoms with Gasteiger partial charge in [-0.3, -0.25) is 19.5 Å². The Labute approximate surface area is 194 Å². The monoisotopic (exact) mass is 456 g/mol. The van der Waals surface area contributed by atoms with Gasteiger partial charge < -0.3 is 19.6 Å². The van der Waals surface area contributed by atoms with Crippen LogP contribution in [0.15, 0.2) is 72.6 Å². The molecule has 34 heavy (non-hydrogen) atoms. The molecule has 1 fully saturated rings. The minimum absolute atomic E-state index is 0.0659. The zero-order chi connectivity index (χ0) is 23.8. The Morgan fingerprint density at radius 2 is 1.74 bits per heavy atom. The average Bonchev–Trinajstić information content (AvgIpc) is 3.42. The molecule has 2 N–H and O–H groups in total. The number of imidazole rings is 1. The van der Waals surface area contributed by atoms with Crippen molar-refractivity contribution in [1.29, 1.82) is 0 Å². The maximum Gasteiger partial charge on any atom is 0.302 e. The van der Waals surface area contributed by atoms with Gasteiger partial charge in [0, 0.05) is 18.0 Å². The molecule has 0 spiro atoms. The summed E-state index contributed by atoms with van der Waals surface area (Å²) >= 11 is 0. The zero-order valence-electron chi connectivity index (χ0n) is 18.4. The van der Waals surface area contributed by atoms with Gasteiger partial charge in [0.05, 0.1) is 36.9 Å². The van der Waals surface area contributed by atoms with E-state index < -0.39 is 17.7 Å². The number of amides is 1. The van der Waals surface area contributed by atoms with Crippen LogP contribution >= 0.6 is 0 Å². The van der Waals surface area contributed by atoms with Crippen molar-refractivity contribution in [2.45, 2.75) is 6.04 Å². The van der Waals surface area contributed by atoms with Gasteiger partial charge in [0.25, 0.3) is 5.78 Å². The molecule has 1 aliphatic rings. The smallest absolute Gasteiger partial charge is 0.302 e. The molecule has 1 aliphatic heterocycles. The Morgan fingerprint density at radius 3 is 2.44 bits per heavy atom. The summed E-state index contributed by atoms with van der Waals surface area (Å²) in [6, 6.07) is 14.5. The molecular formula is C25H20N4O5. The Kier molecular flexibility index (Phi) is 5.21. The van der Waals surface area contributed by atoms with Crippen molar-refractivity contribution >= 4 is 34.4 Å². The van der Waals surface area contributed by atoms with Gasteiger partial charge in [-0.2, -0.15) is 0 Å². The van der Waals surface area contributed by atoms with E-state index in [0.29, 0.717) is 33.7 Å². The molecule has 5 rings (SSSR count). The highest BCUT2D eigenvalue weighted by Crippen LogP contribution is 2.43. The van der Waals surface area contributed by atoms with Crippen LogP contribution in [0.25, 0.3) is 16.8 Å². The van der Waals surface area contributed by atoms with Crippen LogP contribution < -0.4 is 14.4 Å². The van der Waals surface area contributed by atoms with Gasteiger partial charge in [0.1, 0.15) is 5.76 Å². The van der Waals surface area contributed by atoms with Crippen molar-refractivity contribution < 1.29 is 24.2 Å². The number of rotatable bonds is 5. The number of fused-ring (bicyclic) bond motifs is 1.